The van der Waals surface area contributed by atoms with Gasteiger partial charge in [-0.15, -0.1) is 0 Å². The highest BCUT2D eigenvalue weighted by molar-refractivity contribution is 6.03. The summed E-state index contributed by atoms with van der Waals surface area (Å²) in [5.74, 6) is 0.140. The first-order chi connectivity index (χ1) is 14.2. The van der Waals surface area contributed by atoms with E-state index in [1.54, 1.807) is 0 Å². The second-order valence-electron chi connectivity index (χ2n) is 9.25. The molecule has 30 heavy (non-hydrogen) atoms. The zero-order valence-electron chi connectivity index (χ0n) is 17.8. The summed E-state index contributed by atoms with van der Waals surface area (Å²) in [7, 11) is 0. The highest BCUT2D eigenvalue weighted by Gasteiger charge is 2.64. The number of likely N-dealkylation sites (tertiary alicyclic amines) is 1. The average Bonchev–Trinajstić information content (AvgIpc) is 2.94. The van der Waals surface area contributed by atoms with Crippen molar-refractivity contribution in [3.63, 3.8) is 0 Å². The number of imide groups is 1. The maximum Gasteiger partial charge on any atom is 0.235 e. The summed E-state index contributed by atoms with van der Waals surface area (Å²) >= 11 is 0. The number of aliphatic hydroxyl groups is 1. The van der Waals surface area contributed by atoms with Crippen LogP contribution >= 0.6 is 0 Å². The Morgan fingerprint density at radius 3 is 2.33 bits per heavy atom. The Bertz CT molecular complexity index is 937. The van der Waals surface area contributed by atoms with Gasteiger partial charge in [-0.05, 0) is 41.5 Å². The van der Waals surface area contributed by atoms with Crippen LogP contribution in [0.2, 0.25) is 0 Å². The van der Waals surface area contributed by atoms with Crippen molar-refractivity contribution in [2.45, 2.75) is 39.7 Å². The molecule has 2 aromatic carbocycles. The zero-order valence-corrected chi connectivity index (χ0v) is 17.8. The van der Waals surface area contributed by atoms with Gasteiger partial charge in [0.05, 0.1) is 12.0 Å². The second-order valence-corrected chi connectivity index (χ2v) is 9.25. The van der Waals surface area contributed by atoms with Crippen molar-refractivity contribution in [3.8, 4) is 16.9 Å². The van der Waals surface area contributed by atoms with E-state index in [9.17, 15) is 14.7 Å². The molecule has 1 saturated heterocycles. The van der Waals surface area contributed by atoms with Gasteiger partial charge in [-0.2, -0.15) is 0 Å². The Morgan fingerprint density at radius 2 is 1.67 bits per heavy atom. The van der Waals surface area contributed by atoms with Crippen molar-refractivity contribution in [2.24, 2.45) is 16.7 Å². The van der Waals surface area contributed by atoms with E-state index in [-0.39, 0.29) is 36.3 Å². The number of hydrogen-bond acceptors (Lipinski definition) is 4. The Balaban J connectivity index is 1.37. The number of nitrogens with zero attached hydrogens (tertiary/aromatic N) is 1. The Morgan fingerprint density at radius 1 is 1.03 bits per heavy atom. The average molecular weight is 408 g/mol. The van der Waals surface area contributed by atoms with E-state index in [4.69, 9.17) is 4.74 Å². The molecule has 3 unspecified atom stereocenters. The van der Waals surface area contributed by atoms with Gasteiger partial charge in [0.15, 0.2) is 0 Å². The molecule has 158 valence electrons. The van der Waals surface area contributed by atoms with Gasteiger partial charge in [0.2, 0.25) is 11.8 Å². The number of carbonyl (C=O) groups is 2. The largest absolute Gasteiger partial charge is 0.491 e. The molecule has 2 fully saturated rings. The van der Waals surface area contributed by atoms with Crippen LogP contribution < -0.4 is 4.74 Å². The van der Waals surface area contributed by atoms with Crippen LogP contribution in [0.5, 0.6) is 5.75 Å². The lowest BCUT2D eigenvalue weighted by Crippen LogP contribution is -2.60. The molecule has 2 aromatic rings. The monoisotopic (exact) mass is 407 g/mol. The summed E-state index contributed by atoms with van der Waals surface area (Å²) in [6, 6.07) is 17.7. The first-order valence-corrected chi connectivity index (χ1v) is 10.6. The van der Waals surface area contributed by atoms with Crippen molar-refractivity contribution < 1.29 is 19.4 Å². The molecule has 2 bridgehead atoms. The first kappa shape index (κ1) is 20.6. The Kier molecular flexibility index (Phi) is 5.18. The van der Waals surface area contributed by atoms with E-state index < -0.39 is 11.5 Å². The van der Waals surface area contributed by atoms with Crippen LogP contribution in [0.4, 0.5) is 0 Å². The number of aliphatic hydroxyl groups excluding tert-OH is 1. The summed E-state index contributed by atoms with van der Waals surface area (Å²) in [6.45, 7) is 5.97. The molecule has 1 heterocycles. The van der Waals surface area contributed by atoms with Crippen molar-refractivity contribution in [1.82, 2.24) is 4.90 Å². The number of rotatable bonds is 6. The second kappa shape index (κ2) is 7.55. The Labute approximate surface area is 177 Å². The van der Waals surface area contributed by atoms with Gasteiger partial charge in [-0.3, -0.25) is 14.5 Å². The first-order valence-electron chi connectivity index (χ1n) is 10.6. The smallest absolute Gasteiger partial charge is 0.235 e. The number of ether oxygens (including phenoxy) is 1. The third kappa shape index (κ3) is 3.31. The standard InChI is InChI=1S/C25H29NO4/c1-24(2)21-13-14-25(24,3)23(29)26(22(21)28)15-19(27)16-30-20-11-9-18(10-12-20)17-7-5-4-6-8-17/h4-12,19,21,27H,13-16H2,1-3H3. The predicted octanol–water partition coefficient (Wildman–Crippen LogP) is 3.90. The maximum absolute atomic E-state index is 13.1. The fourth-order valence-electron chi connectivity index (χ4n) is 4.90. The van der Waals surface area contributed by atoms with E-state index >= 15 is 0 Å². The van der Waals surface area contributed by atoms with Gasteiger partial charge in [0.1, 0.15) is 18.5 Å². The van der Waals surface area contributed by atoms with Gasteiger partial charge >= 0.3 is 0 Å². The number of fused-ring (bicyclic) bond motifs is 2. The lowest BCUT2D eigenvalue weighted by Gasteiger charge is -2.48. The molecule has 0 aromatic heterocycles. The summed E-state index contributed by atoms with van der Waals surface area (Å²) in [5, 5.41) is 10.5. The van der Waals surface area contributed by atoms with Crippen molar-refractivity contribution in [2.75, 3.05) is 13.2 Å². The van der Waals surface area contributed by atoms with Crippen LogP contribution in [0.3, 0.4) is 0 Å². The number of benzene rings is 2. The minimum absolute atomic E-state index is 0.0204. The molecule has 1 aliphatic heterocycles. The van der Waals surface area contributed by atoms with Crippen LogP contribution in [0.1, 0.15) is 33.6 Å². The number of amides is 2. The maximum atomic E-state index is 13.1. The molecule has 3 atom stereocenters. The fraction of sp³-hybridized carbons (Fsp3) is 0.440. The van der Waals surface area contributed by atoms with Crippen LogP contribution in [0.15, 0.2) is 54.6 Å². The molecule has 1 aliphatic carbocycles. The van der Waals surface area contributed by atoms with Gasteiger partial charge in [-0.1, -0.05) is 63.2 Å². The Hall–Kier alpha value is -2.66. The van der Waals surface area contributed by atoms with Gasteiger partial charge < -0.3 is 9.84 Å². The fourth-order valence-corrected chi connectivity index (χ4v) is 4.90. The van der Waals surface area contributed by atoms with E-state index in [2.05, 4.69) is 0 Å². The minimum Gasteiger partial charge on any atom is -0.491 e. The summed E-state index contributed by atoms with van der Waals surface area (Å²) in [4.78, 5) is 27.2. The van der Waals surface area contributed by atoms with Gasteiger partial charge in [-0.25, -0.2) is 0 Å². The van der Waals surface area contributed by atoms with Crippen molar-refractivity contribution in [3.05, 3.63) is 54.6 Å². The summed E-state index contributed by atoms with van der Waals surface area (Å²) in [5.41, 5.74) is 1.30. The van der Waals surface area contributed by atoms with Gasteiger partial charge in [0, 0.05) is 5.92 Å². The number of piperidine rings is 1. The number of β-amino-alcohol motifs (C(OH)–C–C–N with tert-alkyl or cyclic N) is 1. The SMILES string of the molecule is CC12CCC(C(=O)N(CC(O)COc3ccc(-c4ccccc4)cc3)C1=O)C2(C)C. The quantitative estimate of drug-likeness (QED) is 0.738. The third-order valence-electron chi connectivity index (χ3n) is 7.30. The van der Waals surface area contributed by atoms with Crippen LogP contribution in [-0.4, -0.2) is 41.1 Å². The summed E-state index contributed by atoms with van der Waals surface area (Å²) in [6.07, 6.45) is 0.507. The van der Waals surface area contributed by atoms with Crippen LogP contribution in [0, 0.1) is 16.7 Å². The normalized spacial score (nSPS) is 26.0. The lowest BCUT2D eigenvalue weighted by molar-refractivity contribution is -0.169. The predicted molar refractivity (Wildman–Crippen MR) is 115 cm³/mol. The topological polar surface area (TPSA) is 66.8 Å². The zero-order chi connectivity index (χ0) is 21.5. The van der Waals surface area contributed by atoms with E-state index in [0.29, 0.717) is 12.2 Å². The highest BCUT2D eigenvalue weighted by Crippen LogP contribution is 2.60. The number of carbonyl (C=O) groups excluding carboxylic acids is 2. The summed E-state index contributed by atoms with van der Waals surface area (Å²) < 4.78 is 5.71. The van der Waals surface area contributed by atoms with Crippen molar-refractivity contribution >= 4 is 11.8 Å². The molecule has 0 radical (unpaired) electrons. The molecule has 0 spiro atoms. The molecular formula is C25H29NO4. The lowest BCUT2D eigenvalue weighted by atomic mass is 9.62. The molecule has 2 aliphatic rings. The van der Waals surface area contributed by atoms with E-state index in [0.717, 1.165) is 17.5 Å². The highest BCUT2D eigenvalue weighted by atomic mass is 16.5. The minimum atomic E-state index is -0.934. The third-order valence-corrected chi connectivity index (χ3v) is 7.30. The number of hydrogen-bond donors (Lipinski definition) is 1. The molecule has 2 amide bonds. The van der Waals surface area contributed by atoms with Gasteiger partial charge in [0.25, 0.3) is 0 Å². The van der Waals surface area contributed by atoms with E-state index in [1.807, 2.05) is 75.4 Å². The molecule has 4 rings (SSSR count). The van der Waals surface area contributed by atoms with E-state index in [1.165, 1.54) is 4.90 Å². The van der Waals surface area contributed by atoms with Crippen LogP contribution in [-0.2, 0) is 9.59 Å². The van der Waals surface area contributed by atoms with Crippen LogP contribution in [0.25, 0.3) is 11.1 Å². The molecule has 5 nitrogen and oxygen atoms in total. The molecule has 1 saturated carbocycles. The molecule has 1 N–H and O–H groups in total. The molecular weight excluding hydrogens is 378 g/mol. The van der Waals surface area contributed by atoms with Crippen molar-refractivity contribution in [1.29, 1.82) is 0 Å². The molecule has 5 heteroatoms.